The summed E-state index contributed by atoms with van der Waals surface area (Å²) in [6, 6.07) is 13.6. The Hall–Kier alpha value is -2.60. The van der Waals surface area contributed by atoms with Gasteiger partial charge in [-0.1, -0.05) is 0 Å². The molecule has 9 nitrogen and oxygen atoms in total. The van der Waals surface area contributed by atoms with E-state index in [0.717, 1.165) is 4.90 Å². The first-order valence-electron chi connectivity index (χ1n) is 7.78. The Balaban J connectivity index is 0.000000696. The Morgan fingerprint density at radius 3 is 2.18 bits per heavy atom. The second kappa shape index (κ2) is 11.3. The Morgan fingerprint density at radius 2 is 1.71 bits per heavy atom. The van der Waals surface area contributed by atoms with Crippen molar-refractivity contribution >= 4 is 39.5 Å². The molecule has 0 unspecified atom stereocenters. The molecule has 0 radical (unpaired) electrons. The number of nitrogens with two attached hydrogens (primary N) is 1. The zero-order valence-electron chi connectivity index (χ0n) is 15.0. The standard InChI is InChI=1S/C16H17N3O3S.CH4O3S/c17-16(18)19-12-3-1-11(2-4-12)15(21)22-13-5-7-14(8-6-13)23-10-9-20;1-5(2,3)4/h1-8,20H,9-10H2,(H4,17,18,19);1H3,(H,2,3,4). The molecule has 0 aliphatic heterocycles. The second-order valence-corrected chi connectivity index (χ2v) is 7.92. The SMILES string of the molecule is CS(=O)(=O)O.N=C(N)Nc1ccc(C(=O)Oc2ccc(SCCO)cc2)cc1. The van der Waals surface area contributed by atoms with Gasteiger partial charge in [0.25, 0.3) is 10.1 Å². The quantitative estimate of drug-likeness (QED) is 0.115. The molecular weight excluding hydrogens is 406 g/mol. The zero-order valence-corrected chi connectivity index (χ0v) is 16.6. The highest BCUT2D eigenvalue weighted by atomic mass is 32.2. The minimum atomic E-state index is -3.67. The van der Waals surface area contributed by atoms with Crippen molar-refractivity contribution in [3.63, 3.8) is 0 Å². The number of guanidine groups is 1. The summed E-state index contributed by atoms with van der Waals surface area (Å²) in [6.07, 6.45) is 0.715. The van der Waals surface area contributed by atoms with E-state index >= 15 is 0 Å². The van der Waals surface area contributed by atoms with Gasteiger partial charge >= 0.3 is 5.97 Å². The largest absolute Gasteiger partial charge is 0.423 e. The van der Waals surface area contributed by atoms with E-state index < -0.39 is 16.1 Å². The van der Waals surface area contributed by atoms with Crippen molar-refractivity contribution in [1.82, 2.24) is 0 Å². The number of hydrogen-bond donors (Lipinski definition) is 5. The van der Waals surface area contributed by atoms with Gasteiger partial charge in [-0.25, -0.2) is 4.79 Å². The molecule has 0 saturated carbocycles. The molecule has 0 fully saturated rings. The number of benzene rings is 2. The number of carbonyl (C=O) groups excluding carboxylic acids is 1. The molecular formula is C17H21N3O6S2. The van der Waals surface area contributed by atoms with Crippen LogP contribution in [0.5, 0.6) is 5.75 Å². The highest BCUT2D eigenvalue weighted by Gasteiger charge is 2.08. The van der Waals surface area contributed by atoms with E-state index in [2.05, 4.69) is 5.32 Å². The normalized spacial score (nSPS) is 10.4. The first kappa shape index (κ1) is 23.4. The van der Waals surface area contributed by atoms with E-state index in [9.17, 15) is 13.2 Å². The van der Waals surface area contributed by atoms with E-state index in [1.165, 1.54) is 11.8 Å². The van der Waals surface area contributed by atoms with E-state index in [1.54, 1.807) is 36.4 Å². The lowest BCUT2D eigenvalue weighted by molar-refractivity contribution is 0.0734. The fourth-order valence-electron chi connectivity index (χ4n) is 1.78. The average Bonchev–Trinajstić information content (AvgIpc) is 2.60. The number of anilines is 1. The summed E-state index contributed by atoms with van der Waals surface area (Å²) >= 11 is 1.53. The van der Waals surface area contributed by atoms with Crippen molar-refractivity contribution in [1.29, 1.82) is 5.41 Å². The van der Waals surface area contributed by atoms with Gasteiger partial charge in [0.1, 0.15) is 5.75 Å². The maximum Gasteiger partial charge on any atom is 0.343 e. The number of carbonyl (C=O) groups is 1. The summed E-state index contributed by atoms with van der Waals surface area (Å²) < 4.78 is 31.2. The molecule has 0 aliphatic rings. The van der Waals surface area contributed by atoms with Crippen molar-refractivity contribution in [3.8, 4) is 5.75 Å². The predicted octanol–water partition coefficient (Wildman–Crippen LogP) is 1.80. The van der Waals surface area contributed by atoms with E-state index in [1.807, 2.05) is 12.1 Å². The van der Waals surface area contributed by atoms with Gasteiger partial charge in [-0.15, -0.1) is 11.8 Å². The Labute approximate surface area is 167 Å². The lowest BCUT2D eigenvalue weighted by Gasteiger charge is -2.07. The number of aliphatic hydroxyl groups excluding tert-OH is 1. The van der Waals surface area contributed by atoms with Gasteiger partial charge in [-0.2, -0.15) is 8.42 Å². The topological polar surface area (TPSA) is 163 Å². The minimum Gasteiger partial charge on any atom is -0.423 e. The second-order valence-electron chi connectivity index (χ2n) is 5.28. The highest BCUT2D eigenvalue weighted by Crippen LogP contribution is 2.22. The molecule has 0 saturated heterocycles. The highest BCUT2D eigenvalue weighted by molar-refractivity contribution is 7.99. The number of ether oxygens (including phenoxy) is 1. The number of rotatable bonds is 6. The third kappa shape index (κ3) is 10.5. The van der Waals surface area contributed by atoms with Crippen LogP contribution in [0.15, 0.2) is 53.4 Å². The molecule has 152 valence electrons. The Kier molecular flexibility index (Phi) is 9.45. The summed E-state index contributed by atoms with van der Waals surface area (Å²) in [5, 5.41) is 18.6. The summed E-state index contributed by atoms with van der Waals surface area (Å²) in [4.78, 5) is 13.1. The molecule has 2 aromatic rings. The van der Waals surface area contributed by atoms with Gasteiger partial charge in [-0.05, 0) is 48.5 Å². The van der Waals surface area contributed by atoms with Gasteiger partial charge in [0.15, 0.2) is 5.96 Å². The number of thioether (sulfide) groups is 1. The van der Waals surface area contributed by atoms with Crippen LogP contribution in [-0.4, -0.2) is 48.6 Å². The predicted molar refractivity (Wildman–Crippen MR) is 109 cm³/mol. The monoisotopic (exact) mass is 427 g/mol. The van der Waals surface area contributed by atoms with E-state index in [0.29, 0.717) is 29.0 Å². The van der Waals surface area contributed by atoms with Crippen LogP contribution >= 0.6 is 11.8 Å². The zero-order chi connectivity index (χ0) is 21.2. The van der Waals surface area contributed by atoms with Crippen LogP contribution in [0.1, 0.15) is 10.4 Å². The molecule has 6 N–H and O–H groups in total. The van der Waals surface area contributed by atoms with Crippen molar-refractivity contribution in [2.75, 3.05) is 23.9 Å². The Bertz CT molecular complexity index is 876. The molecule has 2 aromatic carbocycles. The van der Waals surface area contributed by atoms with Crippen LogP contribution < -0.4 is 15.8 Å². The number of nitrogens with one attached hydrogen (secondary N) is 2. The number of esters is 1. The molecule has 0 heterocycles. The molecule has 0 aromatic heterocycles. The first-order chi connectivity index (χ1) is 13.1. The summed E-state index contributed by atoms with van der Waals surface area (Å²) in [5.74, 6) is 0.448. The fraction of sp³-hybridized carbons (Fsp3) is 0.176. The van der Waals surface area contributed by atoms with Crippen molar-refractivity contribution < 1.29 is 27.6 Å². The summed E-state index contributed by atoms with van der Waals surface area (Å²) in [5.41, 5.74) is 6.26. The van der Waals surface area contributed by atoms with Gasteiger partial charge in [0.05, 0.1) is 18.4 Å². The van der Waals surface area contributed by atoms with Crippen molar-refractivity contribution in [3.05, 3.63) is 54.1 Å². The Morgan fingerprint density at radius 1 is 1.18 bits per heavy atom. The van der Waals surface area contributed by atoms with Crippen LogP contribution in [0, 0.1) is 5.41 Å². The summed E-state index contributed by atoms with van der Waals surface area (Å²) in [6.45, 7) is 0.121. The molecule has 0 aliphatic carbocycles. The smallest absolute Gasteiger partial charge is 0.343 e. The molecule has 0 bridgehead atoms. The van der Waals surface area contributed by atoms with Crippen LogP contribution in [0.2, 0.25) is 0 Å². The maximum absolute atomic E-state index is 12.1. The van der Waals surface area contributed by atoms with Gasteiger partial charge < -0.3 is 20.9 Å². The molecule has 0 amide bonds. The maximum atomic E-state index is 12.1. The third-order valence-electron chi connectivity index (χ3n) is 2.79. The van der Waals surface area contributed by atoms with Crippen LogP contribution in [0.3, 0.4) is 0 Å². The first-order valence-corrected chi connectivity index (χ1v) is 10.6. The molecule has 2 rings (SSSR count). The summed E-state index contributed by atoms with van der Waals surface area (Å²) in [7, 11) is -3.67. The minimum absolute atomic E-state index is 0.121. The average molecular weight is 428 g/mol. The van der Waals surface area contributed by atoms with Gasteiger partial charge in [0, 0.05) is 16.3 Å². The lowest BCUT2D eigenvalue weighted by Crippen LogP contribution is -2.20. The van der Waals surface area contributed by atoms with Crippen molar-refractivity contribution in [2.24, 2.45) is 5.73 Å². The number of hydrogen-bond acceptors (Lipinski definition) is 7. The molecule has 0 atom stereocenters. The number of aliphatic hydroxyl groups is 1. The molecule has 28 heavy (non-hydrogen) atoms. The van der Waals surface area contributed by atoms with Crippen molar-refractivity contribution in [2.45, 2.75) is 4.90 Å². The van der Waals surface area contributed by atoms with E-state index in [-0.39, 0.29) is 12.6 Å². The van der Waals surface area contributed by atoms with Crippen LogP contribution in [0.4, 0.5) is 5.69 Å². The van der Waals surface area contributed by atoms with E-state index in [4.69, 9.17) is 25.5 Å². The fourth-order valence-corrected chi connectivity index (χ4v) is 2.43. The van der Waals surface area contributed by atoms with Gasteiger partial charge in [-0.3, -0.25) is 9.96 Å². The molecule has 0 spiro atoms. The van der Waals surface area contributed by atoms with Crippen LogP contribution in [0.25, 0.3) is 0 Å². The third-order valence-corrected chi connectivity index (χ3v) is 3.79. The van der Waals surface area contributed by atoms with Gasteiger partial charge in [0.2, 0.25) is 0 Å². The van der Waals surface area contributed by atoms with Crippen LogP contribution in [-0.2, 0) is 10.1 Å². The molecule has 11 heteroatoms. The lowest BCUT2D eigenvalue weighted by atomic mass is 10.2.